The Labute approximate surface area is 453 Å². The van der Waals surface area contributed by atoms with Crippen LogP contribution in [0.1, 0.15) is 132 Å². The third kappa shape index (κ3) is 10.6. The predicted molar refractivity (Wildman–Crippen MR) is 293 cm³/mol. The molecule has 1 aliphatic carbocycles. The van der Waals surface area contributed by atoms with Gasteiger partial charge in [-0.1, -0.05) is 32.9 Å². The van der Waals surface area contributed by atoms with E-state index in [0.717, 1.165) is 71.3 Å². The first-order valence-corrected chi connectivity index (χ1v) is 28.5. The van der Waals surface area contributed by atoms with Gasteiger partial charge in [-0.15, -0.1) is 11.3 Å². The maximum absolute atomic E-state index is 17.2. The maximum atomic E-state index is 17.2. The second-order valence-corrected chi connectivity index (χ2v) is 23.8. The molecule has 3 aromatic heterocycles. The number of methoxy groups -OCH3 is 2. The Bertz CT molecular complexity index is 3130. The molecular weight excluding hydrogens is 1000 g/mol. The summed E-state index contributed by atoms with van der Waals surface area (Å²) >= 11 is 1.74. The van der Waals surface area contributed by atoms with Crippen LogP contribution in [0.25, 0.3) is 39.1 Å². The summed E-state index contributed by atoms with van der Waals surface area (Å²) < 4.78 is 42.2. The van der Waals surface area contributed by atoms with E-state index in [0.29, 0.717) is 72.4 Å². The number of aromatic nitrogens is 3. The number of aliphatic imine (C=N–C) groups is 1. The lowest BCUT2D eigenvalue weighted by atomic mass is 9.85. The fraction of sp³-hybridized carbons (Fsp3) is 0.525. The van der Waals surface area contributed by atoms with Crippen molar-refractivity contribution in [2.24, 2.45) is 28.7 Å². The van der Waals surface area contributed by atoms with Gasteiger partial charge in [0.25, 0.3) is 0 Å². The number of benzene rings is 2. The number of ether oxygens (including phenoxy) is 4. The summed E-state index contributed by atoms with van der Waals surface area (Å²) in [5.41, 5.74) is 5.82. The van der Waals surface area contributed by atoms with Crippen molar-refractivity contribution in [3.8, 4) is 28.3 Å². The Morgan fingerprint density at radius 2 is 1.58 bits per heavy atom. The van der Waals surface area contributed by atoms with Gasteiger partial charge in [0, 0.05) is 40.2 Å². The lowest BCUT2D eigenvalue weighted by Gasteiger charge is -2.38. The molecule has 16 nitrogen and oxygen atoms in total. The molecule has 8 heterocycles. The Hall–Kier alpha value is -6.53. The third-order valence-corrected chi connectivity index (χ3v) is 17.7. The molecule has 408 valence electrons. The van der Waals surface area contributed by atoms with Gasteiger partial charge in [0.15, 0.2) is 0 Å². The molecule has 0 spiro atoms. The van der Waals surface area contributed by atoms with E-state index in [1.165, 1.54) is 38.0 Å². The summed E-state index contributed by atoms with van der Waals surface area (Å²) in [6, 6.07) is 14.0. The summed E-state index contributed by atoms with van der Waals surface area (Å²) in [5, 5.41) is 6.54. The molecule has 8 atom stereocenters. The number of halogens is 1. The van der Waals surface area contributed by atoms with Crippen molar-refractivity contribution in [3.05, 3.63) is 87.8 Å². The van der Waals surface area contributed by atoms with Gasteiger partial charge in [-0.25, -0.2) is 19.0 Å². The Kier molecular flexibility index (Phi) is 14.8. The van der Waals surface area contributed by atoms with E-state index >= 15 is 4.39 Å². The third-order valence-electron chi connectivity index (χ3n) is 16.6. The van der Waals surface area contributed by atoms with E-state index in [-0.39, 0.29) is 53.9 Å². The molecule has 1 saturated carbocycles. The van der Waals surface area contributed by atoms with Crippen molar-refractivity contribution in [1.29, 1.82) is 0 Å². The Balaban J connectivity index is 0.916. The highest BCUT2D eigenvalue weighted by Crippen LogP contribution is 2.49. The van der Waals surface area contributed by atoms with Gasteiger partial charge in [-0.3, -0.25) is 19.1 Å². The van der Waals surface area contributed by atoms with Crippen molar-refractivity contribution >= 4 is 57.6 Å². The van der Waals surface area contributed by atoms with Crippen molar-refractivity contribution in [1.82, 2.24) is 35.0 Å². The molecule has 0 bridgehead atoms. The number of thiophene rings is 1. The minimum absolute atomic E-state index is 0.0424. The number of carbonyl (C=O) groups is 4. The van der Waals surface area contributed by atoms with Crippen LogP contribution in [0.4, 0.5) is 14.0 Å². The molecule has 4 amide bonds. The first-order valence-electron chi connectivity index (χ1n) is 27.7. The molecule has 5 aliphatic heterocycles. The number of fused-ring (bicyclic) bond motifs is 5. The summed E-state index contributed by atoms with van der Waals surface area (Å²) in [6.07, 6.45) is 11.4. The molecule has 2 aromatic carbocycles. The number of aromatic amines is 1. The zero-order valence-corrected chi connectivity index (χ0v) is 45.9. The van der Waals surface area contributed by atoms with Crippen molar-refractivity contribution < 1.29 is 42.5 Å². The first-order chi connectivity index (χ1) is 37.1. The molecule has 3 saturated heterocycles. The number of H-pyrrole nitrogens is 1. The number of imidazole rings is 1. The lowest BCUT2D eigenvalue weighted by molar-refractivity contribution is -0.137. The van der Waals surface area contributed by atoms with Gasteiger partial charge in [-0.05, 0) is 151 Å². The summed E-state index contributed by atoms with van der Waals surface area (Å²) in [6.45, 7) is 11.1. The number of allylic oxidation sites excluding steroid dienone is 1. The number of hydrogen-bond acceptors (Lipinski definition) is 11. The highest BCUT2D eigenvalue weighted by Gasteiger charge is 2.43. The van der Waals surface area contributed by atoms with Gasteiger partial charge >= 0.3 is 12.2 Å². The van der Waals surface area contributed by atoms with Gasteiger partial charge in [0.1, 0.15) is 29.5 Å². The number of rotatable bonds is 13. The molecule has 0 radical (unpaired) electrons. The molecule has 4 fully saturated rings. The van der Waals surface area contributed by atoms with E-state index in [9.17, 15) is 19.2 Å². The number of alkyl carbamates (subject to hydrolysis) is 2. The van der Waals surface area contributed by atoms with E-state index in [1.807, 2.05) is 38.7 Å². The molecular formula is C59H71FN8O8S. The zero-order valence-electron chi connectivity index (χ0n) is 45.1. The molecule has 18 heteroatoms. The molecule has 3 N–H and O–H groups in total. The van der Waals surface area contributed by atoms with Crippen LogP contribution in [-0.2, 0) is 30.2 Å². The number of carbonyl (C=O) groups excluding carboxylic acids is 4. The van der Waals surface area contributed by atoms with Crippen LogP contribution < -0.4 is 15.4 Å². The van der Waals surface area contributed by atoms with Crippen LogP contribution in [0.15, 0.2) is 65.8 Å². The summed E-state index contributed by atoms with van der Waals surface area (Å²) in [7, 11) is 2.60. The number of nitrogens with one attached hydrogen (secondary N) is 3. The average molecular weight is 1070 g/mol. The molecule has 8 unspecified atom stereocenters. The first kappa shape index (κ1) is 52.5. The Morgan fingerprint density at radius 3 is 2.31 bits per heavy atom. The van der Waals surface area contributed by atoms with Crippen LogP contribution in [0, 0.1) is 29.5 Å². The smallest absolute Gasteiger partial charge is 0.407 e. The normalized spacial score (nSPS) is 25.0. The Morgan fingerprint density at radius 1 is 0.857 bits per heavy atom. The highest BCUT2D eigenvalue weighted by molar-refractivity contribution is 7.12. The van der Waals surface area contributed by atoms with E-state index in [2.05, 4.69) is 69.6 Å². The lowest BCUT2D eigenvalue weighted by Crippen LogP contribution is -2.56. The van der Waals surface area contributed by atoms with Crippen LogP contribution in [0.5, 0.6) is 5.75 Å². The van der Waals surface area contributed by atoms with Crippen molar-refractivity contribution in [3.63, 3.8) is 0 Å². The second-order valence-electron chi connectivity index (χ2n) is 22.6. The largest absolute Gasteiger partial charge is 0.464 e. The molecule has 11 rings (SSSR count). The highest BCUT2D eigenvalue weighted by atomic mass is 32.1. The van der Waals surface area contributed by atoms with Crippen LogP contribution in [-0.4, -0.2) is 112 Å². The number of hydrogen-bond donors (Lipinski definition) is 3. The van der Waals surface area contributed by atoms with E-state index in [1.54, 1.807) is 22.4 Å². The van der Waals surface area contributed by atoms with Gasteiger partial charge in [0.05, 0.1) is 77.8 Å². The second kappa shape index (κ2) is 21.7. The van der Waals surface area contributed by atoms with E-state index in [4.69, 9.17) is 28.9 Å². The summed E-state index contributed by atoms with van der Waals surface area (Å²) in [5.74, 6) is 0.874. The summed E-state index contributed by atoms with van der Waals surface area (Å²) in [4.78, 5) is 73.2. The van der Waals surface area contributed by atoms with Crippen LogP contribution >= 0.6 is 11.3 Å². The number of nitrogens with zero attached hydrogens (tertiary/aromatic N) is 5. The van der Waals surface area contributed by atoms with Gasteiger partial charge in [0.2, 0.25) is 18.0 Å². The quantitative estimate of drug-likeness (QED) is 0.103. The van der Waals surface area contributed by atoms with Gasteiger partial charge in [-0.2, -0.15) is 0 Å². The number of likely N-dealkylation sites (tertiary alicyclic amines) is 2. The van der Waals surface area contributed by atoms with Gasteiger partial charge < -0.3 is 44.4 Å². The fourth-order valence-electron chi connectivity index (χ4n) is 12.6. The average Bonchev–Trinajstić information content (AvgIpc) is 4.24. The molecule has 6 aliphatic rings. The SMILES string of the molecule is COC(=O)NC(C(=O)N1CCCC1c1ncc(-c2cc(F)c3c(c2)OC(c2ccc(CC4CC4)s2)n2c-3cc3cc(C4=CC(C)CCC(C5CCCN5C(=O)C(NC(=O)OC)C5CC(C)OC(C)C5)=N4)ccc32)[nH]1)C(C)C. The standard InChI is InChI=1S/C59H71FN8O8S/c1-31(2)52(64-58(71)73-6)55(69)67-21-9-11-47(67)54-61-30-44(63-54)37-27-41(60)51-48-28-38-26-36(15-18-45(38)68(48)57(76-49(51)29-37)50-19-16-40(77-50)25-35-13-14-35)43-22-32(3)12-17-42(62-43)46-10-8-20-66(46)56(70)53(65-59(72)74-7)39-23-33(4)75-34(5)24-39/h15-16,18-19,22,26-35,39,46-47,52-53,57H,8-14,17,20-21,23-25H2,1-7H3,(H,61,63)(H,64,71)(H,65,72). The molecule has 5 aromatic rings. The minimum Gasteiger partial charge on any atom is -0.464 e. The van der Waals surface area contributed by atoms with Crippen molar-refractivity contribution in [2.45, 2.75) is 148 Å². The number of amides is 4. The minimum atomic E-state index is -0.771. The van der Waals surface area contributed by atoms with Crippen LogP contribution in [0.2, 0.25) is 0 Å². The van der Waals surface area contributed by atoms with Crippen LogP contribution in [0.3, 0.4) is 0 Å². The fourth-order valence-corrected chi connectivity index (χ4v) is 13.7. The maximum Gasteiger partial charge on any atom is 0.407 e. The molecule has 77 heavy (non-hydrogen) atoms. The monoisotopic (exact) mass is 1070 g/mol. The van der Waals surface area contributed by atoms with Crippen molar-refractivity contribution in [2.75, 3.05) is 27.3 Å². The predicted octanol–water partition coefficient (Wildman–Crippen LogP) is 11.0. The zero-order chi connectivity index (χ0) is 53.8. The van der Waals surface area contributed by atoms with E-state index < -0.39 is 36.3 Å². The topological polar surface area (TPSA) is 182 Å².